The Morgan fingerprint density at radius 1 is 1.35 bits per heavy atom. The lowest BCUT2D eigenvalue weighted by Gasteiger charge is -2.13. The largest absolute Gasteiger partial charge is 0.414 e. The predicted octanol–water partition coefficient (Wildman–Crippen LogP) is 3.55. The van der Waals surface area contributed by atoms with Gasteiger partial charge in [0.25, 0.3) is 5.22 Å². The summed E-state index contributed by atoms with van der Waals surface area (Å²) in [7, 11) is 0. The monoisotopic (exact) mass is 295 g/mol. The van der Waals surface area contributed by atoms with Crippen LogP contribution in [-0.2, 0) is 5.75 Å². The zero-order valence-corrected chi connectivity index (χ0v) is 12.4. The normalized spacial score (nSPS) is 14.2. The van der Waals surface area contributed by atoms with E-state index in [9.17, 15) is 4.39 Å². The Bertz CT molecular complexity index is 561. The van der Waals surface area contributed by atoms with E-state index >= 15 is 0 Å². The summed E-state index contributed by atoms with van der Waals surface area (Å²) < 4.78 is 19.0. The third kappa shape index (κ3) is 3.58. The Kier molecular flexibility index (Phi) is 5.14. The molecular weight excluding hydrogens is 277 g/mol. The van der Waals surface area contributed by atoms with E-state index in [0.29, 0.717) is 22.4 Å². The summed E-state index contributed by atoms with van der Waals surface area (Å²) in [5, 5.41) is 8.32. The molecule has 1 aromatic carbocycles. The van der Waals surface area contributed by atoms with Gasteiger partial charge in [0.15, 0.2) is 0 Å². The lowest BCUT2D eigenvalue weighted by Crippen LogP contribution is -2.18. The standard InChI is InChI=1S/C14H18FN3OS/c1-3-9(2)12(16)13-17-18-14(19-13)20-8-10-6-4-5-7-11(10)15/h4-7,9,12H,3,8,16H2,1-2H3/t9-,12+/m1/s1. The molecule has 1 aromatic heterocycles. The van der Waals surface area contributed by atoms with Gasteiger partial charge in [0.1, 0.15) is 5.82 Å². The van der Waals surface area contributed by atoms with Crippen LogP contribution in [0.15, 0.2) is 33.9 Å². The molecule has 2 aromatic rings. The molecule has 2 atom stereocenters. The average molecular weight is 295 g/mol. The topological polar surface area (TPSA) is 64.9 Å². The predicted molar refractivity (Wildman–Crippen MR) is 76.6 cm³/mol. The minimum absolute atomic E-state index is 0.226. The fraction of sp³-hybridized carbons (Fsp3) is 0.429. The number of hydrogen-bond acceptors (Lipinski definition) is 5. The Morgan fingerprint density at radius 2 is 2.10 bits per heavy atom. The Morgan fingerprint density at radius 3 is 2.80 bits per heavy atom. The van der Waals surface area contributed by atoms with E-state index in [-0.39, 0.29) is 17.8 Å². The number of thioether (sulfide) groups is 1. The van der Waals surface area contributed by atoms with E-state index in [0.717, 1.165) is 6.42 Å². The van der Waals surface area contributed by atoms with Crippen molar-refractivity contribution in [3.8, 4) is 0 Å². The van der Waals surface area contributed by atoms with Crippen LogP contribution in [0.4, 0.5) is 4.39 Å². The van der Waals surface area contributed by atoms with Crippen molar-refractivity contribution in [1.29, 1.82) is 0 Å². The highest BCUT2D eigenvalue weighted by Crippen LogP contribution is 2.26. The van der Waals surface area contributed by atoms with E-state index in [1.165, 1.54) is 17.8 Å². The first-order valence-electron chi connectivity index (χ1n) is 6.57. The van der Waals surface area contributed by atoms with Crippen molar-refractivity contribution in [1.82, 2.24) is 10.2 Å². The van der Waals surface area contributed by atoms with Crippen molar-refractivity contribution < 1.29 is 8.81 Å². The molecule has 1 heterocycles. The molecule has 108 valence electrons. The number of benzene rings is 1. The second kappa shape index (κ2) is 6.85. The number of halogens is 1. The van der Waals surface area contributed by atoms with Crippen LogP contribution in [0.1, 0.15) is 37.8 Å². The van der Waals surface area contributed by atoms with Crippen molar-refractivity contribution in [3.63, 3.8) is 0 Å². The number of nitrogens with two attached hydrogens (primary N) is 1. The molecule has 0 radical (unpaired) electrons. The fourth-order valence-corrected chi connectivity index (χ4v) is 2.42. The van der Waals surface area contributed by atoms with Crippen LogP contribution in [0, 0.1) is 11.7 Å². The second-order valence-electron chi connectivity index (χ2n) is 4.70. The zero-order chi connectivity index (χ0) is 14.5. The van der Waals surface area contributed by atoms with E-state index < -0.39 is 0 Å². The quantitative estimate of drug-likeness (QED) is 0.826. The van der Waals surface area contributed by atoms with Gasteiger partial charge in [-0.25, -0.2) is 4.39 Å². The smallest absolute Gasteiger partial charge is 0.276 e. The highest BCUT2D eigenvalue weighted by atomic mass is 32.2. The van der Waals surface area contributed by atoms with Crippen molar-refractivity contribution in [3.05, 3.63) is 41.5 Å². The molecule has 0 spiro atoms. The fourth-order valence-electron chi connectivity index (χ4n) is 1.67. The van der Waals surface area contributed by atoms with Crippen LogP contribution < -0.4 is 5.73 Å². The van der Waals surface area contributed by atoms with Gasteiger partial charge >= 0.3 is 0 Å². The molecule has 2 rings (SSSR count). The highest BCUT2D eigenvalue weighted by Gasteiger charge is 2.20. The lowest BCUT2D eigenvalue weighted by atomic mass is 10.0. The van der Waals surface area contributed by atoms with E-state index in [1.54, 1.807) is 18.2 Å². The zero-order valence-electron chi connectivity index (χ0n) is 11.5. The van der Waals surface area contributed by atoms with Gasteiger partial charge in [-0.05, 0) is 17.5 Å². The average Bonchev–Trinajstić information content (AvgIpc) is 2.93. The molecule has 2 N–H and O–H groups in total. The van der Waals surface area contributed by atoms with Gasteiger partial charge in [-0.1, -0.05) is 50.2 Å². The summed E-state index contributed by atoms with van der Waals surface area (Å²) in [5.41, 5.74) is 6.64. The molecule has 0 saturated heterocycles. The maximum atomic E-state index is 13.5. The van der Waals surface area contributed by atoms with Crippen LogP contribution in [0.25, 0.3) is 0 Å². The Hall–Kier alpha value is -1.40. The van der Waals surface area contributed by atoms with Crippen LogP contribution in [-0.4, -0.2) is 10.2 Å². The molecular formula is C14H18FN3OS. The van der Waals surface area contributed by atoms with Crippen LogP contribution in [0.5, 0.6) is 0 Å². The van der Waals surface area contributed by atoms with E-state index in [4.69, 9.17) is 10.2 Å². The van der Waals surface area contributed by atoms with Gasteiger partial charge in [0, 0.05) is 5.75 Å². The molecule has 0 bridgehead atoms. The molecule has 0 saturated carbocycles. The molecule has 0 aliphatic heterocycles. The SMILES string of the molecule is CC[C@@H](C)[C@H](N)c1nnc(SCc2ccccc2F)o1. The molecule has 6 heteroatoms. The van der Waals surface area contributed by atoms with Crippen molar-refractivity contribution >= 4 is 11.8 Å². The molecule has 0 unspecified atom stereocenters. The van der Waals surface area contributed by atoms with Gasteiger partial charge in [-0.15, -0.1) is 10.2 Å². The summed E-state index contributed by atoms with van der Waals surface area (Å²) in [6.07, 6.45) is 0.946. The summed E-state index contributed by atoms with van der Waals surface area (Å²) in [4.78, 5) is 0. The summed E-state index contributed by atoms with van der Waals surface area (Å²) >= 11 is 1.31. The molecule has 0 amide bonds. The minimum atomic E-state index is -0.254. The van der Waals surface area contributed by atoms with E-state index in [1.807, 2.05) is 6.92 Å². The van der Waals surface area contributed by atoms with Gasteiger partial charge in [-0.3, -0.25) is 0 Å². The lowest BCUT2D eigenvalue weighted by molar-refractivity contribution is 0.333. The third-order valence-corrected chi connectivity index (χ3v) is 4.14. The van der Waals surface area contributed by atoms with Gasteiger partial charge in [-0.2, -0.15) is 0 Å². The number of nitrogens with zero attached hydrogens (tertiary/aromatic N) is 2. The van der Waals surface area contributed by atoms with Gasteiger partial charge in [0.2, 0.25) is 5.89 Å². The molecule has 0 aliphatic carbocycles. The second-order valence-corrected chi connectivity index (χ2v) is 5.62. The number of rotatable bonds is 6. The Balaban J connectivity index is 1.98. The maximum Gasteiger partial charge on any atom is 0.276 e. The summed E-state index contributed by atoms with van der Waals surface area (Å²) in [5.74, 6) is 0.943. The van der Waals surface area contributed by atoms with Crippen molar-refractivity contribution in [2.45, 2.75) is 37.3 Å². The first-order chi connectivity index (χ1) is 9.61. The number of hydrogen-bond donors (Lipinski definition) is 1. The van der Waals surface area contributed by atoms with Crippen LogP contribution in [0.3, 0.4) is 0 Å². The third-order valence-electron chi connectivity index (χ3n) is 3.27. The first-order valence-corrected chi connectivity index (χ1v) is 7.55. The van der Waals surface area contributed by atoms with Crippen LogP contribution in [0.2, 0.25) is 0 Å². The summed E-state index contributed by atoms with van der Waals surface area (Å²) in [6, 6.07) is 6.39. The minimum Gasteiger partial charge on any atom is -0.414 e. The number of aromatic nitrogens is 2. The maximum absolute atomic E-state index is 13.5. The Labute approximate surface area is 122 Å². The molecule has 20 heavy (non-hydrogen) atoms. The van der Waals surface area contributed by atoms with Crippen molar-refractivity contribution in [2.75, 3.05) is 0 Å². The molecule has 4 nitrogen and oxygen atoms in total. The van der Waals surface area contributed by atoms with Crippen LogP contribution >= 0.6 is 11.8 Å². The van der Waals surface area contributed by atoms with Gasteiger partial charge < -0.3 is 10.2 Å². The summed E-state index contributed by atoms with van der Waals surface area (Å²) in [6.45, 7) is 4.11. The van der Waals surface area contributed by atoms with Gasteiger partial charge in [0.05, 0.1) is 6.04 Å². The highest BCUT2D eigenvalue weighted by molar-refractivity contribution is 7.98. The van der Waals surface area contributed by atoms with E-state index in [2.05, 4.69) is 17.1 Å². The van der Waals surface area contributed by atoms with Crippen molar-refractivity contribution in [2.24, 2.45) is 11.7 Å². The molecule has 0 fully saturated rings. The molecule has 0 aliphatic rings. The first kappa shape index (κ1) is 15.0.